The average molecular weight is 617 g/mol. The number of aliphatic hydroxyl groups excluding tert-OH is 3. The first-order chi connectivity index (χ1) is 20.4. The third-order valence-electron chi connectivity index (χ3n) is 15.1. The molecular formula is C36H56O8. The second kappa shape index (κ2) is 10.3. The molecule has 248 valence electrons. The van der Waals surface area contributed by atoms with Gasteiger partial charge in [0, 0.05) is 12.3 Å². The summed E-state index contributed by atoms with van der Waals surface area (Å²) in [4.78, 5) is 27.0. The molecule has 8 heteroatoms. The molecular weight excluding hydrogens is 560 g/mol. The minimum atomic E-state index is -1.14. The molecule has 0 spiro atoms. The molecule has 5 fully saturated rings. The van der Waals surface area contributed by atoms with E-state index in [1.165, 1.54) is 5.57 Å². The fraction of sp³-hybridized carbons (Fsp3) is 0.889. The van der Waals surface area contributed by atoms with Crippen molar-refractivity contribution < 1.29 is 39.5 Å². The van der Waals surface area contributed by atoms with E-state index in [4.69, 9.17) is 9.47 Å². The van der Waals surface area contributed by atoms with Crippen LogP contribution in [0, 0.1) is 50.2 Å². The predicted molar refractivity (Wildman–Crippen MR) is 164 cm³/mol. The summed E-state index contributed by atoms with van der Waals surface area (Å²) in [5.41, 5.74) is -0.373. The summed E-state index contributed by atoms with van der Waals surface area (Å²) >= 11 is 0. The molecule has 1 heterocycles. The van der Waals surface area contributed by atoms with Crippen molar-refractivity contribution in [2.24, 2.45) is 50.2 Å². The molecule has 4 saturated carbocycles. The standard InChI is InChI=1S/C36H56O8/c1-31(2)25-8-11-36(7)29(34(25,5)10-9-26(31)44-27-17-22(38)28(40)24(19-37)43-27)23(39)16-20-21-18-33(4,30(41)42)13-12-32(21,3)14-15-35(20,36)6/h16,21-22,24-29,37-38,40H,8-15,17-19H2,1-7H3,(H,41,42)/t21-,22-,24-,25+,26+,27+,28-,29+,32+,33-,34-,35+,36+/m0/s1. The molecule has 0 aromatic rings. The zero-order valence-corrected chi connectivity index (χ0v) is 27.9. The van der Waals surface area contributed by atoms with Crippen molar-refractivity contribution >= 4 is 11.8 Å². The SMILES string of the molecule is CC1(C)[C@H]2CC[C@]3(C)[C@H](C(=O)C=C4[C@@H]5C[C@@](C)(C(=O)O)CC[C@]5(C)CC[C@]43C)[C@@]2(C)CC[C@H]1O[C@@H]1C[C@H](O)[C@H](O)[C@H](CO)O1. The van der Waals surface area contributed by atoms with Crippen LogP contribution in [0.1, 0.15) is 113 Å². The molecule has 6 rings (SSSR count). The lowest BCUT2D eigenvalue weighted by Gasteiger charge is -2.70. The van der Waals surface area contributed by atoms with Gasteiger partial charge in [0.15, 0.2) is 12.1 Å². The summed E-state index contributed by atoms with van der Waals surface area (Å²) in [6, 6.07) is 0. The fourth-order valence-corrected chi connectivity index (χ4v) is 11.9. The van der Waals surface area contributed by atoms with Crippen molar-refractivity contribution in [2.45, 2.75) is 143 Å². The Labute approximate surface area is 263 Å². The average Bonchev–Trinajstić information content (AvgIpc) is 2.94. The third kappa shape index (κ3) is 4.40. The van der Waals surface area contributed by atoms with Crippen molar-refractivity contribution in [2.75, 3.05) is 6.61 Å². The van der Waals surface area contributed by atoms with Crippen molar-refractivity contribution in [1.29, 1.82) is 0 Å². The number of hydrogen-bond donors (Lipinski definition) is 4. The van der Waals surface area contributed by atoms with E-state index in [0.717, 1.165) is 44.9 Å². The maximum atomic E-state index is 14.6. The highest BCUT2D eigenvalue weighted by Crippen LogP contribution is 2.75. The van der Waals surface area contributed by atoms with Gasteiger partial charge in [-0.2, -0.15) is 0 Å². The molecule has 13 atom stereocenters. The molecule has 0 amide bonds. The number of carbonyl (C=O) groups is 2. The van der Waals surface area contributed by atoms with Gasteiger partial charge in [-0.3, -0.25) is 9.59 Å². The van der Waals surface area contributed by atoms with Gasteiger partial charge in [0.25, 0.3) is 0 Å². The molecule has 0 bridgehead atoms. The highest BCUT2D eigenvalue weighted by molar-refractivity contribution is 5.95. The van der Waals surface area contributed by atoms with Gasteiger partial charge in [0.05, 0.1) is 24.2 Å². The summed E-state index contributed by atoms with van der Waals surface area (Å²) < 4.78 is 12.4. The number of aliphatic carboxylic acids is 1. The zero-order valence-electron chi connectivity index (χ0n) is 27.9. The number of allylic oxidation sites excluding steroid dienone is 2. The number of ether oxygens (including phenoxy) is 2. The summed E-state index contributed by atoms with van der Waals surface area (Å²) in [5.74, 6) is -0.267. The van der Waals surface area contributed by atoms with E-state index in [1.54, 1.807) is 0 Å². The first-order valence-corrected chi connectivity index (χ1v) is 17.1. The van der Waals surface area contributed by atoms with Gasteiger partial charge in [-0.15, -0.1) is 0 Å². The number of fused-ring (bicyclic) bond motifs is 7. The highest BCUT2D eigenvalue weighted by atomic mass is 16.7. The van der Waals surface area contributed by atoms with Crippen molar-refractivity contribution in [3.8, 4) is 0 Å². The molecule has 1 aliphatic heterocycles. The maximum absolute atomic E-state index is 14.6. The number of aliphatic hydroxyl groups is 3. The largest absolute Gasteiger partial charge is 0.481 e. The highest BCUT2D eigenvalue weighted by Gasteiger charge is 2.70. The summed E-state index contributed by atoms with van der Waals surface area (Å²) in [6.07, 6.45) is 6.05. The van der Waals surface area contributed by atoms with Crippen LogP contribution in [0.25, 0.3) is 0 Å². The van der Waals surface area contributed by atoms with Gasteiger partial charge in [-0.25, -0.2) is 0 Å². The predicted octanol–water partition coefficient (Wildman–Crippen LogP) is 5.27. The van der Waals surface area contributed by atoms with Gasteiger partial charge >= 0.3 is 5.97 Å². The quantitative estimate of drug-likeness (QED) is 0.314. The Hall–Kier alpha value is -1.32. The van der Waals surface area contributed by atoms with Gasteiger partial charge in [0.1, 0.15) is 12.2 Å². The smallest absolute Gasteiger partial charge is 0.309 e. The van der Waals surface area contributed by atoms with E-state index in [9.17, 15) is 30.0 Å². The molecule has 0 radical (unpaired) electrons. The lowest BCUT2D eigenvalue weighted by atomic mass is 9.33. The second-order valence-electron chi connectivity index (χ2n) is 17.6. The summed E-state index contributed by atoms with van der Waals surface area (Å²) in [7, 11) is 0. The molecule has 44 heavy (non-hydrogen) atoms. The summed E-state index contributed by atoms with van der Waals surface area (Å²) in [6.45, 7) is 15.4. The number of carbonyl (C=O) groups excluding carboxylic acids is 1. The molecule has 0 aromatic carbocycles. The van der Waals surface area contributed by atoms with Crippen LogP contribution in [-0.4, -0.2) is 69.5 Å². The lowest BCUT2D eigenvalue weighted by Crippen LogP contribution is -2.67. The van der Waals surface area contributed by atoms with Crippen LogP contribution in [-0.2, 0) is 19.1 Å². The number of ketones is 1. The molecule has 4 N–H and O–H groups in total. The third-order valence-corrected chi connectivity index (χ3v) is 15.1. The van der Waals surface area contributed by atoms with E-state index in [2.05, 4.69) is 41.5 Å². The normalized spacial score (nSPS) is 53.4. The zero-order chi connectivity index (χ0) is 32.3. The number of carboxylic acid groups (broad SMARTS) is 1. The number of rotatable bonds is 4. The summed E-state index contributed by atoms with van der Waals surface area (Å²) in [5, 5.41) is 40.4. The Morgan fingerprint density at radius 3 is 2.32 bits per heavy atom. The lowest BCUT2D eigenvalue weighted by molar-refractivity contribution is -0.296. The van der Waals surface area contributed by atoms with Crippen LogP contribution in [0.3, 0.4) is 0 Å². The molecule has 1 saturated heterocycles. The maximum Gasteiger partial charge on any atom is 0.309 e. The van der Waals surface area contributed by atoms with Crippen molar-refractivity contribution in [1.82, 2.24) is 0 Å². The Balaban J connectivity index is 1.31. The van der Waals surface area contributed by atoms with E-state index in [0.29, 0.717) is 12.8 Å². The topological polar surface area (TPSA) is 134 Å². The van der Waals surface area contributed by atoms with Gasteiger partial charge in [-0.05, 0) is 110 Å². The van der Waals surface area contributed by atoms with E-state index in [-0.39, 0.29) is 69.7 Å². The van der Waals surface area contributed by atoms with Crippen LogP contribution in [0.15, 0.2) is 11.6 Å². The Bertz CT molecular complexity index is 1230. The molecule has 0 aromatic heterocycles. The number of hydrogen-bond acceptors (Lipinski definition) is 7. The molecule has 5 aliphatic carbocycles. The van der Waals surface area contributed by atoms with Crippen molar-refractivity contribution in [3.05, 3.63) is 11.6 Å². The van der Waals surface area contributed by atoms with Crippen LogP contribution in [0.4, 0.5) is 0 Å². The monoisotopic (exact) mass is 616 g/mol. The van der Waals surface area contributed by atoms with E-state index < -0.39 is 36.0 Å². The van der Waals surface area contributed by atoms with Crippen LogP contribution in [0.2, 0.25) is 0 Å². The van der Waals surface area contributed by atoms with E-state index in [1.807, 2.05) is 13.0 Å². The van der Waals surface area contributed by atoms with Gasteiger partial charge in [0.2, 0.25) is 0 Å². The van der Waals surface area contributed by atoms with Crippen molar-refractivity contribution in [3.63, 3.8) is 0 Å². The molecule has 8 nitrogen and oxygen atoms in total. The minimum absolute atomic E-state index is 0.0299. The van der Waals surface area contributed by atoms with Crippen LogP contribution >= 0.6 is 0 Å². The minimum Gasteiger partial charge on any atom is -0.481 e. The van der Waals surface area contributed by atoms with Gasteiger partial charge < -0.3 is 29.9 Å². The number of carboxylic acids is 1. The Morgan fingerprint density at radius 1 is 0.977 bits per heavy atom. The first kappa shape index (κ1) is 32.6. The Morgan fingerprint density at radius 2 is 1.66 bits per heavy atom. The fourth-order valence-electron chi connectivity index (χ4n) is 11.9. The van der Waals surface area contributed by atoms with Gasteiger partial charge in [-0.1, -0.05) is 47.1 Å². The van der Waals surface area contributed by atoms with Crippen LogP contribution in [0.5, 0.6) is 0 Å². The first-order valence-electron chi connectivity index (χ1n) is 17.1. The second-order valence-corrected chi connectivity index (χ2v) is 17.6. The molecule has 6 aliphatic rings. The van der Waals surface area contributed by atoms with Crippen LogP contribution < -0.4 is 0 Å². The Kier molecular flexibility index (Phi) is 7.66. The molecule has 0 unspecified atom stereocenters. The van der Waals surface area contributed by atoms with E-state index >= 15 is 0 Å².